The summed E-state index contributed by atoms with van der Waals surface area (Å²) in [6.07, 6.45) is 4.19. The van der Waals surface area contributed by atoms with E-state index in [2.05, 4.69) is 15.6 Å². The van der Waals surface area contributed by atoms with Gasteiger partial charge in [0.1, 0.15) is 5.82 Å². The molecule has 1 aliphatic carbocycles. The summed E-state index contributed by atoms with van der Waals surface area (Å²) in [5.74, 6) is 1.36. The topological polar surface area (TPSA) is 63.2 Å². The van der Waals surface area contributed by atoms with Crippen molar-refractivity contribution >= 4 is 11.7 Å². The van der Waals surface area contributed by atoms with Crippen molar-refractivity contribution in [3.63, 3.8) is 0 Å². The van der Waals surface area contributed by atoms with Crippen molar-refractivity contribution in [2.75, 3.05) is 32.1 Å². The van der Waals surface area contributed by atoms with Crippen LogP contribution in [0.1, 0.15) is 23.2 Å². The molecule has 0 atom stereocenters. The zero-order valence-electron chi connectivity index (χ0n) is 10.6. The number of amides is 1. The van der Waals surface area contributed by atoms with Gasteiger partial charge in [0.25, 0.3) is 5.91 Å². The zero-order valence-corrected chi connectivity index (χ0v) is 10.6. The molecular formula is C13H19N3O2. The molecule has 5 nitrogen and oxygen atoms in total. The molecular weight excluding hydrogens is 230 g/mol. The second-order valence-corrected chi connectivity index (χ2v) is 4.45. The van der Waals surface area contributed by atoms with Gasteiger partial charge < -0.3 is 15.4 Å². The van der Waals surface area contributed by atoms with Gasteiger partial charge in [-0.2, -0.15) is 0 Å². The average molecular weight is 249 g/mol. The predicted molar refractivity (Wildman–Crippen MR) is 69.7 cm³/mol. The first-order valence-electron chi connectivity index (χ1n) is 6.29. The van der Waals surface area contributed by atoms with Gasteiger partial charge in [0, 0.05) is 32.0 Å². The Morgan fingerprint density at radius 1 is 1.56 bits per heavy atom. The van der Waals surface area contributed by atoms with Crippen molar-refractivity contribution in [3.8, 4) is 0 Å². The van der Waals surface area contributed by atoms with Gasteiger partial charge in [0.2, 0.25) is 0 Å². The molecule has 0 spiro atoms. The van der Waals surface area contributed by atoms with E-state index in [-0.39, 0.29) is 5.91 Å². The Labute approximate surface area is 107 Å². The van der Waals surface area contributed by atoms with E-state index in [9.17, 15) is 4.79 Å². The number of carbonyl (C=O) groups excluding carboxylic acids is 1. The number of hydrogen-bond acceptors (Lipinski definition) is 4. The van der Waals surface area contributed by atoms with Crippen LogP contribution in [0, 0.1) is 5.92 Å². The summed E-state index contributed by atoms with van der Waals surface area (Å²) < 4.78 is 5.45. The van der Waals surface area contributed by atoms with Crippen LogP contribution in [0.15, 0.2) is 18.3 Å². The van der Waals surface area contributed by atoms with E-state index >= 15 is 0 Å². The average Bonchev–Trinajstić information content (AvgIpc) is 3.22. The molecule has 0 unspecified atom stereocenters. The highest BCUT2D eigenvalue weighted by atomic mass is 16.5. The molecule has 2 rings (SSSR count). The van der Waals surface area contributed by atoms with E-state index < -0.39 is 0 Å². The van der Waals surface area contributed by atoms with Crippen molar-refractivity contribution in [2.45, 2.75) is 12.8 Å². The monoisotopic (exact) mass is 249 g/mol. The number of hydrogen-bond donors (Lipinski definition) is 2. The molecule has 98 valence electrons. The Morgan fingerprint density at radius 3 is 3.11 bits per heavy atom. The standard InChI is InChI=1S/C13H19N3O2/c1-14-12-8-11(4-5-15-12)13(17)16-6-7-18-9-10-2-3-10/h4-5,8,10H,2-3,6-7,9H2,1H3,(H,14,15)(H,16,17). The number of pyridine rings is 1. The Balaban J connectivity index is 1.69. The van der Waals surface area contributed by atoms with Gasteiger partial charge in [0.15, 0.2) is 0 Å². The van der Waals surface area contributed by atoms with Crippen LogP contribution < -0.4 is 10.6 Å². The molecule has 0 bridgehead atoms. The molecule has 2 N–H and O–H groups in total. The van der Waals surface area contributed by atoms with Crippen LogP contribution in [-0.4, -0.2) is 37.7 Å². The molecule has 1 heterocycles. The molecule has 0 aliphatic heterocycles. The fraction of sp³-hybridized carbons (Fsp3) is 0.538. The maximum absolute atomic E-state index is 11.8. The molecule has 0 aromatic carbocycles. The summed E-state index contributed by atoms with van der Waals surface area (Å²) in [6, 6.07) is 3.42. The molecule has 1 amide bonds. The van der Waals surface area contributed by atoms with Crippen molar-refractivity contribution in [3.05, 3.63) is 23.9 Å². The SMILES string of the molecule is CNc1cc(C(=O)NCCOCC2CC2)ccn1. The number of rotatable bonds is 7. The van der Waals surface area contributed by atoms with E-state index in [4.69, 9.17) is 4.74 Å². The normalized spacial score (nSPS) is 14.3. The Kier molecular flexibility index (Phi) is 4.52. The van der Waals surface area contributed by atoms with Crippen LogP contribution in [0.25, 0.3) is 0 Å². The van der Waals surface area contributed by atoms with E-state index in [1.807, 2.05) is 0 Å². The third kappa shape index (κ3) is 4.00. The highest BCUT2D eigenvalue weighted by molar-refractivity contribution is 5.94. The highest BCUT2D eigenvalue weighted by Crippen LogP contribution is 2.28. The summed E-state index contributed by atoms with van der Waals surface area (Å²) in [4.78, 5) is 15.9. The van der Waals surface area contributed by atoms with E-state index in [0.29, 0.717) is 24.5 Å². The largest absolute Gasteiger partial charge is 0.379 e. The third-order valence-electron chi connectivity index (χ3n) is 2.86. The van der Waals surface area contributed by atoms with E-state index in [1.54, 1.807) is 25.4 Å². The molecule has 18 heavy (non-hydrogen) atoms. The molecule has 1 aromatic rings. The maximum atomic E-state index is 11.8. The molecule has 5 heteroatoms. The minimum absolute atomic E-state index is 0.0936. The Hall–Kier alpha value is -1.62. The lowest BCUT2D eigenvalue weighted by molar-refractivity contribution is 0.0906. The quantitative estimate of drug-likeness (QED) is 0.715. The third-order valence-corrected chi connectivity index (χ3v) is 2.86. The van der Waals surface area contributed by atoms with Gasteiger partial charge in [-0.25, -0.2) is 4.98 Å². The summed E-state index contributed by atoms with van der Waals surface area (Å²) >= 11 is 0. The number of aromatic nitrogens is 1. The van der Waals surface area contributed by atoms with Gasteiger partial charge >= 0.3 is 0 Å². The van der Waals surface area contributed by atoms with Crippen molar-refractivity contribution in [1.82, 2.24) is 10.3 Å². The fourth-order valence-corrected chi connectivity index (χ4v) is 1.58. The van der Waals surface area contributed by atoms with Crippen LogP contribution in [0.5, 0.6) is 0 Å². The maximum Gasteiger partial charge on any atom is 0.251 e. The second-order valence-electron chi connectivity index (χ2n) is 4.45. The molecule has 0 radical (unpaired) electrons. The van der Waals surface area contributed by atoms with Gasteiger partial charge in [0.05, 0.1) is 6.61 Å². The second kappa shape index (κ2) is 6.35. The number of ether oxygens (including phenoxy) is 1. The number of nitrogens with one attached hydrogen (secondary N) is 2. The zero-order chi connectivity index (χ0) is 12.8. The summed E-state index contributed by atoms with van der Waals surface area (Å²) in [6.45, 7) is 1.95. The lowest BCUT2D eigenvalue weighted by Crippen LogP contribution is -2.27. The van der Waals surface area contributed by atoms with Gasteiger partial charge in [-0.05, 0) is 30.9 Å². The van der Waals surface area contributed by atoms with Gasteiger partial charge in [-0.1, -0.05) is 0 Å². The Morgan fingerprint density at radius 2 is 2.39 bits per heavy atom. The minimum atomic E-state index is -0.0936. The minimum Gasteiger partial charge on any atom is -0.379 e. The van der Waals surface area contributed by atoms with Crippen LogP contribution in [0.3, 0.4) is 0 Å². The van der Waals surface area contributed by atoms with Gasteiger partial charge in [-0.15, -0.1) is 0 Å². The Bertz CT molecular complexity index is 405. The molecule has 1 fully saturated rings. The lowest BCUT2D eigenvalue weighted by Gasteiger charge is -2.07. The first kappa shape index (κ1) is 12.8. The highest BCUT2D eigenvalue weighted by Gasteiger charge is 2.20. The number of nitrogens with zero attached hydrogens (tertiary/aromatic N) is 1. The van der Waals surface area contributed by atoms with Crippen LogP contribution >= 0.6 is 0 Å². The van der Waals surface area contributed by atoms with E-state index in [0.717, 1.165) is 12.5 Å². The smallest absolute Gasteiger partial charge is 0.251 e. The van der Waals surface area contributed by atoms with Crippen molar-refractivity contribution in [2.24, 2.45) is 5.92 Å². The van der Waals surface area contributed by atoms with Crippen LogP contribution in [0.4, 0.5) is 5.82 Å². The number of anilines is 1. The summed E-state index contributed by atoms with van der Waals surface area (Å²) in [5, 5.41) is 5.73. The molecule has 1 aliphatic rings. The number of carbonyl (C=O) groups is 1. The summed E-state index contributed by atoms with van der Waals surface area (Å²) in [7, 11) is 1.77. The van der Waals surface area contributed by atoms with Crippen LogP contribution in [0.2, 0.25) is 0 Å². The first-order chi connectivity index (χ1) is 8.79. The van der Waals surface area contributed by atoms with E-state index in [1.165, 1.54) is 12.8 Å². The summed E-state index contributed by atoms with van der Waals surface area (Å²) in [5.41, 5.74) is 0.608. The molecule has 0 saturated heterocycles. The molecule has 1 saturated carbocycles. The van der Waals surface area contributed by atoms with Crippen molar-refractivity contribution < 1.29 is 9.53 Å². The first-order valence-corrected chi connectivity index (χ1v) is 6.29. The predicted octanol–water partition coefficient (Wildman–Crippen LogP) is 1.28. The fourth-order valence-electron chi connectivity index (χ4n) is 1.58. The molecule has 1 aromatic heterocycles. The van der Waals surface area contributed by atoms with Gasteiger partial charge in [-0.3, -0.25) is 4.79 Å². The van der Waals surface area contributed by atoms with Crippen molar-refractivity contribution in [1.29, 1.82) is 0 Å². The van der Waals surface area contributed by atoms with Crippen LogP contribution in [-0.2, 0) is 4.74 Å². The lowest BCUT2D eigenvalue weighted by atomic mass is 10.2.